The zero-order valence-electron chi connectivity index (χ0n) is 11.1. The summed E-state index contributed by atoms with van der Waals surface area (Å²) in [6.07, 6.45) is 0.838. The normalized spacial score (nSPS) is 26.9. The third-order valence-electron chi connectivity index (χ3n) is 4.12. The maximum atomic E-state index is 9.61. The van der Waals surface area contributed by atoms with Crippen molar-refractivity contribution in [1.29, 1.82) is 0 Å². The molecule has 0 radical (unpaired) electrons. The van der Waals surface area contributed by atoms with Crippen LogP contribution in [0.25, 0.3) is 0 Å². The highest BCUT2D eigenvalue weighted by Gasteiger charge is 2.47. The number of nitrogens with zero attached hydrogens (tertiary/aromatic N) is 1. The van der Waals surface area contributed by atoms with Crippen LogP contribution in [0.1, 0.15) is 12.0 Å². The van der Waals surface area contributed by atoms with Gasteiger partial charge in [0.05, 0.1) is 19.8 Å². The Kier molecular flexibility index (Phi) is 3.84. The topological polar surface area (TPSA) is 41.9 Å². The molecular weight excluding hydrogens is 242 g/mol. The van der Waals surface area contributed by atoms with Crippen LogP contribution in [0.4, 0.5) is 0 Å². The van der Waals surface area contributed by atoms with Gasteiger partial charge < -0.3 is 14.6 Å². The van der Waals surface area contributed by atoms with Crippen LogP contribution in [0.15, 0.2) is 30.3 Å². The first-order chi connectivity index (χ1) is 9.32. The number of hydrogen-bond donors (Lipinski definition) is 1. The van der Waals surface area contributed by atoms with Gasteiger partial charge in [0.2, 0.25) is 0 Å². The van der Waals surface area contributed by atoms with Gasteiger partial charge in [-0.3, -0.25) is 4.90 Å². The molecule has 3 rings (SSSR count). The van der Waals surface area contributed by atoms with Crippen molar-refractivity contribution in [3.8, 4) is 0 Å². The zero-order chi connectivity index (χ0) is 13.1. The minimum absolute atomic E-state index is 0.0486. The van der Waals surface area contributed by atoms with Crippen LogP contribution in [-0.4, -0.2) is 48.7 Å². The van der Waals surface area contributed by atoms with Gasteiger partial charge in [0, 0.05) is 32.0 Å². The van der Waals surface area contributed by atoms with Gasteiger partial charge in [0.25, 0.3) is 0 Å². The summed E-state index contributed by atoms with van der Waals surface area (Å²) in [4.78, 5) is 2.37. The van der Waals surface area contributed by atoms with E-state index in [1.807, 2.05) is 6.07 Å². The molecule has 0 unspecified atom stereocenters. The Hall–Kier alpha value is -0.940. The van der Waals surface area contributed by atoms with Crippen molar-refractivity contribution in [3.63, 3.8) is 0 Å². The van der Waals surface area contributed by atoms with Crippen LogP contribution < -0.4 is 0 Å². The highest BCUT2D eigenvalue weighted by molar-refractivity contribution is 5.14. The van der Waals surface area contributed by atoms with Crippen molar-refractivity contribution >= 4 is 0 Å². The molecule has 1 aromatic rings. The number of rotatable bonds is 3. The first-order valence-corrected chi connectivity index (χ1v) is 6.97. The Morgan fingerprint density at radius 1 is 1.21 bits per heavy atom. The van der Waals surface area contributed by atoms with E-state index < -0.39 is 5.79 Å². The van der Waals surface area contributed by atoms with Gasteiger partial charge >= 0.3 is 0 Å². The van der Waals surface area contributed by atoms with Crippen LogP contribution in [0.5, 0.6) is 0 Å². The van der Waals surface area contributed by atoms with Gasteiger partial charge in [-0.15, -0.1) is 0 Å². The predicted molar refractivity (Wildman–Crippen MR) is 71.5 cm³/mol. The number of aliphatic hydroxyl groups excluding tert-OH is 1. The third kappa shape index (κ3) is 2.67. The van der Waals surface area contributed by atoms with Gasteiger partial charge in [0.15, 0.2) is 5.79 Å². The number of benzene rings is 1. The number of hydrogen-bond acceptors (Lipinski definition) is 4. The van der Waals surface area contributed by atoms with E-state index in [2.05, 4.69) is 29.2 Å². The summed E-state index contributed by atoms with van der Waals surface area (Å²) in [6.45, 7) is 4.11. The molecule has 0 saturated carbocycles. The maximum Gasteiger partial charge on any atom is 0.175 e. The van der Waals surface area contributed by atoms with Crippen molar-refractivity contribution in [2.75, 3.05) is 32.9 Å². The molecule has 19 heavy (non-hydrogen) atoms. The Labute approximate surface area is 113 Å². The smallest absolute Gasteiger partial charge is 0.175 e. The number of ether oxygens (including phenoxy) is 2. The largest absolute Gasteiger partial charge is 0.396 e. The van der Waals surface area contributed by atoms with Gasteiger partial charge in [-0.2, -0.15) is 0 Å². The molecule has 4 heteroatoms. The van der Waals surface area contributed by atoms with E-state index in [0.717, 1.165) is 26.1 Å². The highest BCUT2D eigenvalue weighted by atomic mass is 16.7. The van der Waals surface area contributed by atoms with Gasteiger partial charge in [-0.1, -0.05) is 30.3 Å². The SMILES string of the molecule is OC[C@H]1CN(Cc2ccccc2)CCC12OCCO2. The number of piperidine rings is 1. The molecule has 1 spiro atoms. The number of likely N-dealkylation sites (tertiary alicyclic amines) is 1. The van der Waals surface area contributed by atoms with E-state index in [-0.39, 0.29) is 12.5 Å². The minimum Gasteiger partial charge on any atom is -0.396 e. The van der Waals surface area contributed by atoms with E-state index in [0.29, 0.717) is 13.2 Å². The molecule has 0 bridgehead atoms. The lowest BCUT2D eigenvalue weighted by Gasteiger charge is -2.43. The maximum absolute atomic E-state index is 9.61. The van der Waals surface area contributed by atoms with Crippen LogP contribution in [0.3, 0.4) is 0 Å². The quantitative estimate of drug-likeness (QED) is 0.891. The molecule has 1 N–H and O–H groups in total. The molecule has 0 aromatic heterocycles. The predicted octanol–water partition coefficient (Wildman–Crippen LogP) is 1.24. The Balaban J connectivity index is 1.65. The van der Waals surface area contributed by atoms with Crippen molar-refractivity contribution in [1.82, 2.24) is 4.90 Å². The lowest BCUT2D eigenvalue weighted by molar-refractivity contribution is -0.228. The average molecular weight is 263 g/mol. The molecular formula is C15H21NO3. The van der Waals surface area contributed by atoms with E-state index >= 15 is 0 Å². The average Bonchev–Trinajstić information content (AvgIpc) is 2.92. The third-order valence-corrected chi connectivity index (χ3v) is 4.12. The van der Waals surface area contributed by atoms with E-state index in [9.17, 15) is 5.11 Å². The fourth-order valence-electron chi connectivity index (χ4n) is 3.09. The van der Waals surface area contributed by atoms with Crippen molar-refractivity contribution in [3.05, 3.63) is 35.9 Å². The number of aliphatic hydroxyl groups is 1. The van der Waals surface area contributed by atoms with Gasteiger partial charge in [0.1, 0.15) is 0 Å². The van der Waals surface area contributed by atoms with Crippen molar-refractivity contribution in [2.24, 2.45) is 5.92 Å². The van der Waals surface area contributed by atoms with E-state index in [1.54, 1.807) is 0 Å². The summed E-state index contributed by atoms with van der Waals surface area (Å²) in [5, 5.41) is 9.61. The first-order valence-electron chi connectivity index (χ1n) is 6.97. The fraction of sp³-hybridized carbons (Fsp3) is 0.600. The van der Waals surface area contributed by atoms with Crippen molar-refractivity contribution in [2.45, 2.75) is 18.8 Å². The summed E-state index contributed by atoms with van der Waals surface area (Å²) in [6, 6.07) is 10.4. The summed E-state index contributed by atoms with van der Waals surface area (Å²) in [5.74, 6) is -0.477. The van der Waals surface area contributed by atoms with E-state index in [4.69, 9.17) is 9.47 Å². The second kappa shape index (κ2) is 5.59. The second-order valence-corrected chi connectivity index (χ2v) is 5.36. The van der Waals surface area contributed by atoms with Crippen LogP contribution in [-0.2, 0) is 16.0 Å². The molecule has 4 nitrogen and oxygen atoms in total. The van der Waals surface area contributed by atoms with Crippen LogP contribution >= 0.6 is 0 Å². The molecule has 2 saturated heterocycles. The lowest BCUT2D eigenvalue weighted by atomic mass is 9.91. The molecule has 1 aromatic carbocycles. The zero-order valence-corrected chi connectivity index (χ0v) is 11.1. The molecule has 2 heterocycles. The summed E-state index contributed by atoms with van der Waals surface area (Å²) >= 11 is 0. The van der Waals surface area contributed by atoms with Crippen LogP contribution in [0.2, 0.25) is 0 Å². The van der Waals surface area contributed by atoms with E-state index in [1.165, 1.54) is 5.56 Å². The molecule has 2 aliphatic heterocycles. The standard InChI is InChI=1S/C15H21NO3/c17-12-14-11-16(10-13-4-2-1-3-5-13)7-6-15(14)18-8-9-19-15/h1-5,14,17H,6-12H2/t14-/m1/s1. The molecule has 2 fully saturated rings. The summed E-state index contributed by atoms with van der Waals surface area (Å²) in [7, 11) is 0. The molecule has 0 amide bonds. The van der Waals surface area contributed by atoms with Crippen molar-refractivity contribution < 1.29 is 14.6 Å². The molecule has 0 aliphatic carbocycles. The highest BCUT2D eigenvalue weighted by Crippen LogP contribution is 2.36. The lowest BCUT2D eigenvalue weighted by Crippen LogP contribution is -2.53. The fourth-order valence-corrected chi connectivity index (χ4v) is 3.09. The monoisotopic (exact) mass is 263 g/mol. The summed E-state index contributed by atoms with van der Waals surface area (Å²) in [5.41, 5.74) is 1.31. The Bertz CT molecular complexity index is 403. The van der Waals surface area contributed by atoms with Gasteiger partial charge in [-0.05, 0) is 5.56 Å². The molecule has 2 aliphatic rings. The van der Waals surface area contributed by atoms with Crippen LogP contribution in [0, 0.1) is 5.92 Å². The van der Waals surface area contributed by atoms with Gasteiger partial charge in [-0.25, -0.2) is 0 Å². The summed E-state index contributed by atoms with van der Waals surface area (Å²) < 4.78 is 11.5. The first kappa shape index (κ1) is 13.1. The minimum atomic E-state index is -0.526. The molecule has 104 valence electrons. The molecule has 1 atom stereocenters. The second-order valence-electron chi connectivity index (χ2n) is 5.36. The Morgan fingerprint density at radius 3 is 2.63 bits per heavy atom. The Morgan fingerprint density at radius 2 is 1.95 bits per heavy atom.